The highest BCUT2D eigenvalue weighted by Gasteiger charge is 2.08. The van der Waals surface area contributed by atoms with Gasteiger partial charge in [-0.25, -0.2) is 4.98 Å². The summed E-state index contributed by atoms with van der Waals surface area (Å²) in [6.07, 6.45) is 0. The van der Waals surface area contributed by atoms with Crippen molar-refractivity contribution in [1.29, 1.82) is 0 Å². The number of hydrogen-bond acceptors (Lipinski definition) is 3. The Bertz CT molecular complexity index is 442. The summed E-state index contributed by atoms with van der Waals surface area (Å²) in [6.45, 7) is 4.13. The van der Waals surface area contributed by atoms with Gasteiger partial charge in [0, 0.05) is 29.4 Å². The molecule has 0 aromatic carbocycles. The van der Waals surface area contributed by atoms with Crippen molar-refractivity contribution in [3.8, 4) is 11.3 Å². The Morgan fingerprint density at radius 2 is 2.21 bits per heavy atom. The quantitative estimate of drug-likeness (QED) is 0.795. The van der Waals surface area contributed by atoms with E-state index in [4.69, 9.17) is 0 Å². The third kappa shape index (κ3) is 1.53. The lowest BCUT2D eigenvalue weighted by Gasteiger charge is -1.93. The van der Waals surface area contributed by atoms with Crippen molar-refractivity contribution in [2.24, 2.45) is 0 Å². The molecule has 4 heteroatoms. The van der Waals surface area contributed by atoms with Crippen LogP contribution in [0.2, 0.25) is 0 Å². The zero-order valence-corrected chi connectivity index (χ0v) is 9.33. The van der Waals surface area contributed by atoms with E-state index < -0.39 is 0 Å². The van der Waals surface area contributed by atoms with Crippen molar-refractivity contribution in [2.75, 3.05) is 12.4 Å². The first-order valence-corrected chi connectivity index (χ1v) is 5.38. The molecule has 0 saturated heterocycles. The molecule has 2 aromatic rings. The molecule has 0 aliphatic heterocycles. The molecule has 14 heavy (non-hydrogen) atoms. The molecule has 0 unspecified atom stereocenters. The van der Waals surface area contributed by atoms with Gasteiger partial charge in [-0.2, -0.15) is 0 Å². The fourth-order valence-electron chi connectivity index (χ4n) is 1.50. The summed E-state index contributed by atoms with van der Waals surface area (Å²) in [5.41, 5.74) is 4.59. The second-order valence-corrected chi connectivity index (χ2v) is 4.14. The van der Waals surface area contributed by atoms with E-state index in [0.29, 0.717) is 0 Å². The van der Waals surface area contributed by atoms with Crippen molar-refractivity contribution in [1.82, 2.24) is 9.97 Å². The summed E-state index contributed by atoms with van der Waals surface area (Å²) < 4.78 is 0. The van der Waals surface area contributed by atoms with Crippen LogP contribution in [-0.4, -0.2) is 17.0 Å². The average molecular weight is 207 g/mol. The first-order valence-electron chi connectivity index (χ1n) is 4.50. The molecule has 0 spiro atoms. The summed E-state index contributed by atoms with van der Waals surface area (Å²) in [6, 6.07) is 2.13. The lowest BCUT2D eigenvalue weighted by Crippen LogP contribution is -1.86. The van der Waals surface area contributed by atoms with Crippen LogP contribution in [0.25, 0.3) is 11.3 Å². The van der Waals surface area contributed by atoms with E-state index >= 15 is 0 Å². The van der Waals surface area contributed by atoms with Gasteiger partial charge in [0.15, 0.2) is 5.13 Å². The van der Waals surface area contributed by atoms with E-state index in [1.165, 1.54) is 17.0 Å². The van der Waals surface area contributed by atoms with Gasteiger partial charge in [0.1, 0.15) is 0 Å². The molecule has 0 aliphatic carbocycles. The number of H-pyrrole nitrogens is 1. The van der Waals surface area contributed by atoms with Crippen molar-refractivity contribution in [2.45, 2.75) is 13.8 Å². The van der Waals surface area contributed by atoms with E-state index in [-0.39, 0.29) is 0 Å². The van der Waals surface area contributed by atoms with Gasteiger partial charge in [-0.3, -0.25) is 0 Å². The molecule has 74 valence electrons. The monoisotopic (exact) mass is 207 g/mol. The number of hydrogen-bond donors (Lipinski definition) is 2. The summed E-state index contributed by atoms with van der Waals surface area (Å²) in [4.78, 5) is 7.74. The molecule has 3 nitrogen and oxygen atoms in total. The summed E-state index contributed by atoms with van der Waals surface area (Å²) >= 11 is 1.63. The maximum Gasteiger partial charge on any atom is 0.182 e. The molecule has 2 heterocycles. The average Bonchev–Trinajstić information content (AvgIpc) is 2.71. The Hall–Kier alpha value is -1.29. The second kappa shape index (κ2) is 3.46. The van der Waals surface area contributed by atoms with Crippen molar-refractivity contribution in [3.05, 3.63) is 22.8 Å². The van der Waals surface area contributed by atoms with Crippen LogP contribution >= 0.6 is 11.3 Å². The molecular formula is C10H13N3S. The van der Waals surface area contributed by atoms with E-state index in [0.717, 1.165) is 10.8 Å². The summed E-state index contributed by atoms with van der Waals surface area (Å²) in [5.74, 6) is 0. The van der Waals surface area contributed by atoms with Gasteiger partial charge in [0.2, 0.25) is 0 Å². The third-order valence-corrected chi connectivity index (χ3v) is 3.00. The molecule has 0 saturated carbocycles. The van der Waals surface area contributed by atoms with Crippen LogP contribution in [0.1, 0.15) is 11.4 Å². The number of aromatic nitrogens is 2. The lowest BCUT2D eigenvalue weighted by molar-refractivity contribution is 1.19. The van der Waals surface area contributed by atoms with Crippen LogP contribution < -0.4 is 5.32 Å². The maximum absolute atomic E-state index is 4.46. The fraction of sp³-hybridized carbons (Fsp3) is 0.300. The predicted molar refractivity (Wildman–Crippen MR) is 60.9 cm³/mol. The Kier molecular flexibility index (Phi) is 2.29. The molecule has 0 atom stereocenters. The van der Waals surface area contributed by atoms with Gasteiger partial charge in [0.05, 0.1) is 5.69 Å². The smallest absolute Gasteiger partial charge is 0.182 e. The van der Waals surface area contributed by atoms with Crippen LogP contribution in [0, 0.1) is 13.8 Å². The first kappa shape index (κ1) is 9.27. The van der Waals surface area contributed by atoms with Gasteiger partial charge >= 0.3 is 0 Å². The topological polar surface area (TPSA) is 40.7 Å². The van der Waals surface area contributed by atoms with Crippen molar-refractivity contribution in [3.63, 3.8) is 0 Å². The molecule has 0 fully saturated rings. The molecule has 2 N–H and O–H groups in total. The van der Waals surface area contributed by atoms with Gasteiger partial charge in [0.25, 0.3) is 0 Å². The Balaban J connectivity index is 2.43. The highest BCUT2D eigenvalue weighted by Crippen LogP contribution is 2.27. The highest BCUT2D eigenvalue weighted by molar-refractivity contribution is 7.14. The Morgan fingerprint density at radius 1 is 1.43 bits per heavy atom. The normalized spacial score (nSPS) is 10.5. The molecular weight excluding hydrogens is 194 g/mol. The predicted octanol–water partition coefficient (Wildman–Crippen LogP) is 2.80. The highest BCUT2D eigenvalue weighted by atomic mass is 32.1. The Labute approximate surface area is 87.2 Å². The Morgan fingerprint density at radius 3 is 2.71 bits per heavy atom. The number of thiazole rings is 1. The van der Waals surface area contributed by atoms with Crippen molar-refractivity contribution >= 4 is 16.5 Å². The number of rotatable bonds is 2. The molecule has 0 aliphatic rings. The largest absolute Gasteiger partial charge is 0.365 e. The summed E-state index contributed by atoms with van der Waals surface area (Å²) in [5, 5.41) is 6.07. The van der Waals surface area contributed by atoms with Gasteiger partial charge < -0.3 is 10.3 Å². The van der Waals surface area contributed by atoms with Crippen LogP contribution in [0.4, 0.5) is 5.13 Å². The lowest BCUT2D eigenvalue weighted by atomic mass is 10.2. The summed E-state index contributed by atoms with van der Waals surface area (Å²) in [7, 11) is 1.89. The van der Waals surface area contributed by atoms with Gasteiger partial charge in [-0.1, -0.05) is 0 Å². The van der Waals surface area contributed by atoms with E-state index in [9.17, 15) is 0 Å². The minimum Gasteiger partial charge on any atom is -0.365 e. The van der Waals surface area contributed by atoms with Crippen LogP contribution in [0.15, 0.2) is 11.4 Å². The number of anilines is 1. The first-order chi connectivity index (χ1) is 6.70. The fourth-order valence-corrected chi connectivity index (χ4v) is 2.17. The zero-order valence-electron chi connectivity index (χ0n) is 8.51. The number of aromatic amines is 1. The molecule has 0 radical (unpaired) electrons. The minimum atomic E-state index is 0.957. The van der Waals surface area contributed by atoms with Crippen molar-refractivity contribution < 1.29 is 0 Å². The maximum atomic E-state index is 4.46. The minimum absolute atomic E-state index is 0.957. The van der Waals surface area contributed by atoms with Gasteiger partial charge in [-0.05, 0) is 19.9 Å². The second-order valence-electron chi connectivity index (χ2n) is 3.28. The molecule has 0 bridgehead atoms. The number of nitrogens with zero attached hydrogens (tertiary/aromatic N) is 1. The van der Waals surface area contributed by atoms with Gasteiger partial charge in [-0.15, -0.1) is 11.3 Å². The number of aryl methyl sites for hydroxylation is 2. The van der Waals surface area contributed by atoms with Crippen LogP contribution in [0.3, 0.4) is 0 Å². The van der Waals surface area contributed by atoms with E-state index in [1.54, 1.807) is 11.3 Å². The molecule has 2 aromatic heterocycles. The molecule has 0 amide bonds. The van der Waals surface area contributed by atoms with E-state index in [1.807, 2.05) is 7.05 Å². The van der Waals surface area contributed by atoms with Crippen LogP contribution in [0.5, 0.6) is 0 Å². The standard InChI is InChI=1S/C10H13N3S/c1-6-4-8(7(2)12-6)9-5-14-10(11-3)13-9/h4-5,12H,1-3H3,(H,11,13). The molecule has 2 rings (SSSR count). The SMILES string of the molecule is CNc1nc(-c2cc(C)[nH]c2C)cs1. The van der Waals surface area contributed by atoms with Crippen LogP contribution in [-0.2, 0) is 0 Å². The number of nitrogens with one attached hydrogen (secondary N) is 2. The zero-order chi connectivity index (χ0) is 10.1. The third-order valence-electron chi connectivity index (χ3n) is 2.14. The van der Waals surface area contributed by atoms with E-state index in [2.05, 4.69) is 40.6 Å².